The topological polar surface area (TPSA) is 93.1 Å². The molecule has 0 aromatic carbocycles. The van der Waals surface area contributed by atoms with E-state index in [1.54, 1.807) is 12.2 Å². The van der Waals surface area contributed by atoms with Gasteiger partial charge in [-0.15, -0.1) is 0 Å². The van der Waals surface area contributed by atoms with Crippen molar-refractivity contribution in [3.05, 3.63) is 23.8 Å². The zero-order valence-corrected chi connectivity index (χ0v) is 18.7. The van der Waals surface area contributed by atoms with Crippen molar-refractivity contribution in [2.24, 2.45) is 28.6 Å². The predicted molar refractivity (Wildman–Crippen MR) is 113 cm³/mol. The fourth-order valence-electron chi connectivity index (χ4n) is 8.12. The second kappa shape index (κ2) is 7.08. The summed E-state index contributed by atoms with van der Waals surface area (Å²) in [6, 6.07) is 0. The summed E-state index contributed by atoms with van der Waals surface area (Å²) in [4.78, 5) is 25.2. The second-order valence-electron chi connectivity index (χ2n) is 10.7. The maximum atomic E-state index is 13.2. The lowest BCUT2D eigenvalue weighted by Gasteiger charge is -2.59. The molecule has 1 heterocycles. The first-order chi connectivity index (χ1) is 14.7. The van der Waals surface area contributed by atoms with Crippen LogP contribution in [0.5, 0.6) is 0 Å². The summed E-state index contributed by atoms with van der Waals surface area (Å²) in [5, 5.41) is 21.4. The number of rotatable bonds is 4. The van der Waals surface area contributed by atoms with Crippen molar-refractivity contribution in [2.75, 3.05) is 6.61 Å². The molecule has 3 saturated carbocycles. The van der Waals surface area contributed by atoms with E-state index in [-0.39, 0.29) is 34.7 Å². The SMILES string of the molecule is CCCC1O[C@@H]2C[C@H]3[C@@H]4CCC5=CC(=O)C=C[C@]5(C)C4[C@@H](O)C[C@]3(C)[C@]2(C(=O)CO)O1. The summed E-state index contributed by atoms with van der Waals surface area (Å²) < 4.78 is 12.7. The van der Waals surface area contributed by atoms with Crippen LogP contribution in [0, 0.1) is 28.6 Å². The van der Waals surface area contributed by atoms with Crippen molar-refractivity contribution < 1.29 is 29.3 Å². The standard InChI is InChI=1S/C25H34O6/c1-4-5-21-30-20-11-17-16-7-6-14-10-15(27)8-9-23(14,2)22(16)18(28)12-24(17,3)25(20,31-21)19(29)13-26/h8-10,16-18,20-22,26,28H,4-7,11-13H2,1-3H3/t16-,17-,18-,20+,21?,22?,23-,24-,25+/m0/s1. The van der Waals surface area contributed by atoms with Crippen LogP contribution in [0.4, 0.5) is 0 Å². The Morgan fingerprint density at radius 1 is 1.32 bits per heavy atom. The van der Waals surface area contributed by atoms with E-state index in [2.05, 4.69) is 20.8 Å². The smallest absolute Gasteiger partial charge is 0.193 e. The monoisotopic (exact) mass is 430 g/mol. The first-order valence-electron chi connectivity index (χ1n) is 11.8. The molecule has 1 saturated heterocycles. The van der Waals surface area contributed by atoms with Crippen molar-refractivity contribution in [1.82, 2.24) is 0 Å². The molecule has 0 aromatic heterocycles. The largest absolute Gasteiger partial charge is 0.393 e. The molecule has 0 aromatic rings. The number of hydrogen-bond donors (Lipinski definition) is 2. The highest BCUT2D eigenvalue weighted by molar-refractivity contribution is 6.01. The molecule has 2 N–H and O–H groups in total. The highest BCUT2D eigenvalue weighted by Gasteiger charge is 2.75. The fourth-order valence-corrected chi connectivity index (χ4v) is 8.12. The Morgan fingerprint density at radius 3 is 2.81 bits per heavy atom. The van der Waals surface area contributed by atoms with E-state index in [0.29, 0.717) is 19.3 Å². The number of carbonyl (C=O) groups excluding carboxylic acids is 2. The lowest BCUT2D eigenvalue weighted by atomic mass is 9.46. The lowest BCUT2D eigenvalue weighted by molar-refractivity contribution is -0.200. The van der Waals surface area contributed by atoms with Gasteiger partial charge in [0.2, 0.25) is 0 Å². The maximum absolute atomic E-state index is 13.2. The number of aliphatic hydroxyl groups excluding tert-OH is 2. The Balaban J connectivity index is 1.55. The molecule has 0 spiro atoms. The van der Waals surface area contributed by atoms with Gasteiger partial charge in [0.15, 0.2) is 23.5 Å². The van der Waals surface area contributed by atoms with E-state index in [0.717, 1.165) is 24.8 Å². The third kappa shape index (κ3) is 2.65. The van der Waals surface area contributed by atoms with Crippen LogP contribution in [0.15, 0.2) is 23.8 Å². The van der Waals surface area contributed by atoms with Crippen LogP contribution in [-0.2, 0) is 19.1 Å². The molecule has 5 rings (SSSR count). The first-order valence-corrected chi connectivity index (χ1v) is 11.8. The summed E-state index contributed by atoms with van der Waals surface area (Å²) in [6.45, 7) is 5.67. The first kappa shape index (κ1) is 21.5. The van der Waals surface area contributed by atoms with E-state index < -0.39 is 36.1 Å². The molecular weight excluding hydrogens is 396 g/mol. The Labute approximate surface area is 183 Å². The molecule has 0 amide bonds. The number of allylic oxidation sites excluding steroid dienone is 4. The number of ketones is 2. The van der Waals surface area contributed by atoms with Crippen molar-refractivity contribution in [2.45, 2.75) is 83.4 Å². The average molecular weight is 431 g/mol. The summed E-state index contributed by atoms with van der Waals surface area (Å²) in [6.07, 6.45) is 8.31. The summed E-state index contributed by atoms with van der Waals surface area (Å²) in [5.74, 6) is 0.0274. The van der Waals surface area contributed by atoms with Gasteiger partial charge in [0.05, 0.1) is 12.2 Å². The lowest BCUT2D eigenvalue weighted by Crippen LogP contribution is -2.63. The van der Waals surface area contributed by atoms with E-state index in [4.69, 9.17) is 9.47 Å². The molecule has 170 valence electrons. The minimum atomic E-state index is -1.20. The van der Waals surface area contributed by atoms with Crippen molar-refractivity contribution in [3.63, 3.8) is 0 Å². The summed E-state index contributed by atoms with van der Waals surface area (Å²) in [5.41, 5.74) is -1.05. The van der Waals surface area contributed by atoms with E-state index in [9.17, 15) is 19.8 Å². The Kier molecular flexibility index (Phi) is 4.91. The molecular formula is C25H34O6. The predicted octanol–water partition coefficient (Wildman–Crippen LogP) is 2.72. The molecule has 0 radical (unpaired) electrons. The number of hydrogen-bond acceptors (Lipinski definition) is 6. The number of fused-ring (bicyclic) bond motifs is 7. The summed E-state index contributed by atoms with van der Waals surface area (Å²) in [7, 11) is 0. The number of carbonyl (C=O) groups is 2. The molecule has 0 bridgehead atoms. The van der Waals surface area contributed by atoms with Crippen LogP contribution in [-0.4, -0.2) is 52.5 Å². The van der Waals surface area contributed by atoms with Gasteiger partial charge in [0, 0.05) is 16.7 Å². The Hall–Kier alpha value is -1.34. The quantitative estimate of drug-likeness (QED) is 0.712. The van der Waals surface area contributed by atoms with E-state index in [1.165, 1.54) is 0 Å². The molecule has 6 heteroatoms. The van der Waals surface area contributed by atoms with Crippen molar-refractivity contribution in [1.29, 1.82) is 0 Å². The van der Waals surface area contributed by atoms with Crippen LogP contribution in [0.1, 0.15) is 59.3 Å². The molecule has 31 heavy (non-hydrogen) atoms. The molecule has 4 fully saturated rings. The highest BCUT2D eigenvalue weighted by atomic mass is 16.7. The maximum Gasteiger partial charge on any atom is 0.193 e. The van der Waals surface area contributed by atoms with Crippen LogP contribution in [0.25, 0.3) is 0 Å². The van der Waals surface area contributed by atoms with Crippen LogP contribution >= 0.6 is 0 Å². The van der Waals surface area contributed by atoms with Gasteiger partial charge in [0.1, 0.15) is 6.61 Å². The fraction of sp³-hybridized carbons (Fsp3) is 0.760. The van der Waals surface area contributed by atoms with E-state index >= 15 is 0 Å². The van der Waals surface area contributed by atoms with Crippen molar-refractivity contribution >= 4 is 11.6 Å². The van der Waals surface area contributed by atoms with Gasteiger partial charge in [-0.25, -0.2) is 0 Å². The van der Waals surface area contributed by atoms with Crippen LogP contribution in [0.3, 0.4) is 0 Å². The number of Topliss-reactive ketones (excluding diaryl/α,β-unsaturated/α-hetero) is 1. The van der Waals surface area contributed by atoms with Crippen LogP contribution < -0.4 is 0 Å². The number of aliphatic hydroxyl groups is 2. The summed E-state index contributed by atoms with van der Waals surface area (Å²) >= 11 is 0. The molecule has 1 aliphatic heterocycles. The second-order valence-corrected chi connectivity index (χ2v) is 10.7. The van der Waals surface area contributed by atoms with Gasteiger partial charge < -0.3 is 19.7 Å². The minimum Gasteiger partial charge on any atom is -0.393 e. The molecule has 5 aliphatic rings. The molecule has 9 atom stereocenters. The Morgan fingerprint density at radius 2 is 2.10 bits per heavy atom. The van der Waals surface area contributed by atoms with Gasteiger partial charge in [0.25, 0.3) is 0 Å². The van der Waals surface area contributed by atoms with E-state index in [1.807, 2.05) is 6.08 Å². The minimum absolute atomic E-state index is 0.0125. The average Bonchev–Trinajstić information content (AvgIpc) is 3.20. The zero-order chi connectivity index (χ0) is 22.2. The number of ether oxygens (including phenoxy) is 2. The molecule has 2 unspecified atom stereocenters. The van der Waals surface area contributed by atoms with Gasteiger partial charge >= 0.3 is 0 Å². The third-order valence-corrected chi connectivity index (χ3v) is 9.37. The van der Waals surface area contributed by atoms with Crippen molar-refractivity contribution in [3.8, 4) is 0 Å². The van der Waals surface area contributed by atoms with Gasteiger partial charge in [-0.2, -0.15) is 0 Å². The third-order valence-electron chi connectivity index (χ3n) is 9.37. The zero-order valence-electron chi connectivity index (χ0n) is 18.7. The van der Waals surface area contributed by atoms with Gasteiger partial charge in [-0.1, -0.05) is 38.8 Å². The highest BCUT2D eigenvalue weighted by Crippen LogP contribution is 2.69. The molecule has 4 aliphatic carbocycles. The van der Waals surface area contributed by atoms with Gasteiger partial charge in [-0.3, -0.25) is 9.59 Å². The molecule has 6 nitrogen and oxygen atoms in total. The van der Waals surface area contributed by atoms with Gasteiger partial charge in [-0.05, 0) is 56.1 Å². The van der Waals surface area contributed by atoms with Crippen LogP contribution in [0.2, 0.25) is 0 Å². The Bertz CT molecular complexity index is 862. The normalized spacial score (nSPS) is 50.4.